The Kier molecular flexibility index (Phi) is 5.41. The molecular formula is C18H21N5O2. The summed E-state index contributed by atoms with van der Waals surface area (Å²) < 4.78 is 5.28. The van der Waals surface area contributed by atoms with Crippen molar-refractivity contribution in [2.45, 2.75) is 32.1 Å². The van der Waals surface area contributed by atoms with Gasteiger partial charge < -0.3 is 14.7 Å². The number of nitriles is 1. The van der Waals surface area contributed by atoms with E-state index < -0.39 is 0 Å². The number of para-hydroxylation sites is 1. The Morgan fingerprint density at radius 2 is 2.32 bits per heavy atom. The van der Waals surface area contributed by atoms with Gasteiger partial charge in [0, 0.05) is 19.5 Å². The summed E-state index contributed by atoms with van der Waals surface area (Å²) in [5, 5.41) is 15.8. The molecule has 7 heteroatoms. The standard InChI is InChI=1S/C18H21N5O2/c1-13-20-18(25-22-13)15-6-4-9-23(12-15)10-8-17(24)21-16-7-3-2-5-14(16)11-19/h2-3,5,7,15H,4,6,8-10,12H2,1H3,(H,21,24). The fourth-order valence-electron chi connectivity index (χ4n) is 3.10. The van der Waals surface area contributed by atoms with Crippen LogP contribution in [0.25, 0.3) is 0 Å². The average molecular weight is 339 g/mol. The number of hydrogen-bond donors (Lipinski definition) is 1. The monoisotopic (exact) mass is 339 g/mol. The molecule has 0 bridgehead atoms. The fourth-order valence-corrected chi connectivity index (χ4v) is 3.10. The van der Waals surface area contributed by atoms with Crippen molar-refractivity contribution in [2.24, 2.45) is 0 Å². The minimum Gasteiger partial charge on any atom is -0.339 e. The van der Waals surface area contributed by atoms with E-state index in [9.17, 15) is 4.79 Å². The van der Waals surface area contributed by atoms with E-state index in [-0.39, 0.29) is 11.8 Å². The summed E-state index contributed by atoms with van der Waals surface area (Å²) in [7, 11) is 0. The maximum atomic E-state index is 12.2. The number of hydrogen-bond acceptors (Lipinski definition) is 6. The molecule has 1 aromatic heterocycles. The number of benzene rings is 1. The number of anilines is 1. The van der Waals surface area contributed by atoms with Crippen molar-refractivity contribution in [2.75, 3.05) is 25.0 Å². The summed E-state index contributed by atoms with van der Waals surface area (Å²) >= 11 is 0. The van der Waals surface area contributed by atoms with Crippen LogP contribution < -0.4 is 5.32 Å². The lowest BCUT2D eigenvalue weighted by Gasteiger charge is -2.30. The molecule has 2 aromatic rings. The molecule has 0 saturated carbocycles. The van der Waals surface area contributed by atoms with Crippen LogP contribution in [0.4, 0.5) is 5.69 Å². The zero-order chi connectivity index (χ0) is 17.6. The highest BCUT2D eigenvalue weighted by Crippen LogP contribution is 2.25. The van der Waals surface area contributed by atoms with E-state index in [0.717, 1.165) is 25.9 Å². The van der Waals surface area contributed by atoms with Crippen LogP contribution in [-0.4, -0.2) is 40.6 Å². The van der Waals surface area contributed by atoms with Crippen molar-refractivity contribution in [3.8, 4) is 6.07 Å². The van der Waals surface area contributed by atoms with Crippen molar-refractivity contribution < 1.29 is 9.32 Å². The highest BCUT2D eigenvalue weighted by molar-refractivity contribution is 5.92. The Labute approximate surface area is 146 Å². The van der Waals surface area contributed by atoms with Gasteiger partial charge >= 0.3 is 0 Å². The maximum absolute atomic E-state index is 12.2. The predicted molar refractivity (Wildman–Crippen MR) is 91.9 cm³/mol. The van der Waals surface area contributed by atoms with Gasteiger partial charge in [-0.3, -0.25) is 4.79 Å². The number of aryl methyl sites for hydroxylation is 1. The van der Waals surface area contributed by atoms with Crippen LogP contribution in [0.15, 0.2) is 28.8 Å². The molecule has 1 aliphatic heterocycles. The zero-order valence-electron chi connectivity index (χ0n) is 14.2. The smallest absolute Gasteiger partial charge is 0.231 e. The first kappa shape index (κ1) is 17.1. The Morgan fingerprint density at radius 3 is 3.08 bits per heavy atom. The summed E-state index contributed by atoms with van der Waals surface area (Å²) in [5.41, 5.74) is 1.04. The molecule has 1 aromatic carbocycles. The molecule has 1 N–H and O–H groups in total. The molecule has 1 fully saturated rings. The molecule has 3 rings (SSSR count). The minimum absolute atomic E-state index is 0.0848. The van der Waals surface area contributed by atoms with Gasteiger partial charge in [-0.05, 0) is 38.4 Å². The molecule has 0 radical (unpaired) electrons. The maximum Gasteiger partial charge on any atom is 0.231 e. The lowest BCUT2D eigenvalue weighted by Crippen LogP contribution is -2.36. The Hall–Kier alpha value is -2.72. The summed E-state index contributed by atoms with van der Waals surface area (Å²) in [4.78, 5) is 18.8. The van der Waals surface area contributed by atoms with Crippen molar-refractivity contribution in [1.29, 1.82) is 5.26 Å². The summed E-state index contributed by atoms with van der Waals surface area (Å²) in [6.45, 7) is 4.27. The number of carbonyl (C=O) groups excluding carboxylic acids is 1. The zero-order valence-corrected chi connectivity index (χ0v) is 14.2. The topological polar surface area (TPSA) is 95.0 Å². The third-order valence-electron chi connectivity index (χ3n) is 4.37. The Morgan fingerprint density at radius 1 is 1.48 bits per heavy atom. The number of nitrogens with zero attached hydrogens (tertiary/aromatic N) is 4. The summed E-state index contributed by atoms with van der Waals surface area (Å²) in [6, 6.07) is 9.10. The molecular weight excluding hydrogens is 318 g/mol. The van der Waals surface area contributed by atoms with Gasteiger partial charge in [0.1, 0.15) is 6.07 Å². The van der Waals surface area contributed by atoms with Crippen LogP contribution in [0.3, 0.4) is 0 Å². The van der Waals surface area contributed by atoms with Crippen LogP contribution >= 0.6 is 0 Å². The highest BCUT2D eigenvalue weighted by atomic mass is 16.5. The molecule has 130 valence electrons. The molecule has 1 atom stereocenters. The first-order valence-corrected chi connectivity index (χ1v) is 8.47. The first-order chi connectivity index (χ1) is 12.2. The van der Waals surface area contributed by atoms with E-state index in [4.69, 9.17) is 9.78 Å². The van der Waals surface area contributed by atoms with Gasteiger partial charge in [-0.25, -0.2) is 0 Å². The first-order valence-electron chi connectivity index (χ1n) is 8.47. The third kappa shape index (κ3) is 4.43. The molecule has 1 aliphatic rings. The van der Waals surface area contributed by atoms with Gasteiger partial charge in [0.05, 0.1) is 17.2 Å². The van der Waals surface area contributed by atoms with Crippen molar-refractivity contribution in [3.63, 3.8) is 0 Å². The van der Waals surface area contributed by atoms with E-state index in [1.54, 1.807) is 24.3 Å². The molecule has 25 heavy (non-hydrogen) atoms. The molecule has 1 amide bonds. The van der Waals surface area contributed by atoms with Gasteiger partial charge in [-0.15, -0.1) is 0 Å². The summed E-state index contributed by atoms with van der Waals surface area (Å²) in [6.07, 6.45) is 2.46. The Balaban J connectivity index is 1.51. The molecule has 1 unspecified atom stereocenters. The highest BCUT2D eigenvalue weighted by Gasteiger charge is 2.25. The van der Waals surface area contributed by atoms with Gasteiger partial charge in [0.2, 0.25) is 11.8 Å². The number of carbonyl (C=O) groups is 1. The molecule has 7 nitrogen and oxygen atoms in total. The van der Waals surface area contributed by atoms with Gasteiger partial charge in [0.15, 0.2) is 5.82 Å². The van der Waals surface area contributed by atoms with Crippen LogP contribution in [-0.2, 0) is 4.79 Å². The van der Waals surface area contributed by atoms with Crippen LogP contribution in [0, 0.1) is 18.3 Å². The second-order valence-electron chi connectivity index (χ2n) is 6.28. The number of rotatable bonds is 5. The van der Waals surface area contributed by atoms with Crippen LogP contribution in [0.5, 0.6) is 0 Å². The number of piperidine rings is 1. The van der Waals surface area contributed by atoms with Gasteiger partial charge in [-0.1, -0.05) is 17.3 Å². The number of aromatic nitrogens is 2. The van der Waals surface area contributed by atoms with E-state index in [0.29, 0.717) is 35.9 Å². The van der Waals surface area contributed by atoms with E-state index in [1.165, 1.54) is 0 Å². The van der Waals surface area contributed by atoms with Crippen molar-refractivity contribution >= 4 is 11.6 Å². The number of likely N-dealkylation sites (tertiary alicyclic amines) is 1. The largest absolute Gasteiger partial charge is 0.339 e. The molecule has 1 saturated heterocycles. The second kappa shape index (κ2) is 7.90. The summed E-state index contributed by atoms with van der Waals surface area (Å²) in [5.74, 6) is 1.49. The van der Waals surface area contributed by atoms with Crippen molar-refractivity contribution in [3.05, 3.63) is 41.5 Å². The van der Waals surface area contributed by atoms with E-state index >= 15 is 0 Å². The fraction of sp³-hybridized carbons (Fsp3) is 0.444. The molecule has 2 heterocycles. The quantitative estimate of drug-likeness (QED) is 0.899. The van der Waals surface area contributed by atoms with Crippen LogP contribution in [0.2, 0.25) is 0 Å². The van der Waals surface area contributed by atoms with Gasteiger partial charge in [-0.2, -0.15) is 10.2 Å². The molecule has 0 spiro atoms. The second-order valence-corrected chi connectivity index (χ2v) is 6.28. The van der Waals surface area contributed by atoms with E-state index in [1.807, 2.05) is 6.92 Å². The van der Waals surface area contributed by atoms with E-state index in [2.05, 4.69) is 26.4 Å². The third-order valence-corrected chi connectivity index (χ3v) is 4.37. The number of amides is 1. The SMILES string of the molecule is Cc1noc(C2CCCN(CCC(=O)Nc3ccccc3C#N)C2)n1. The average Bonchev–Trinajstić information content (AvgIpc) is 3.07. The van der Waals surface area contributed by atoms with Crippen molar-refractivity contribution in [1.82, 2.24) is 15.0 Å². The normalized spacial score (nSPS) is 17.8. The Bertz CT molecular complexity index is 780. The van der Waals surface area contributed by atoms with Crippen LogP contribution in [0.1, 0.15) is 42.5 Å². The molecule has 0 aliphatic carbocycles. The lowest BCUT2D eigenvalue weighted by atomic mass is 9.98. The number of nitrogens with one attached hydrogen (secondary N) is 1. The van der Waals surface area contributed by atoms with Gasteiger partial charge in [0.25, 0.3) is 0 Å². The lowest BCUT2D eigenvalue weighted by molar-refractivity contribution is -0.116. The minimum atomic E-state index is -0.0848. The predicted octanol–water partition coefficient (Wildman–Crippen LogP) is 2.46.